The molecule has 3 aromatic rings. The van der Waals surface area contributed by atoms with Gasteiger partial charge in [-0.05, 0) is 31.2 Å². The SMILES string of the molecule is Cc1ccc(C(=O)NCCc2cn3ccccc3n2)cn1. The van der Waals surface area contributed by atoms with E-state index < -0.39 is 0 Å². The standard InChI is InChI=1S/C16H16N4O/c1-12-5-6-13(10-18-12)16(21)17-8-7-14-11-20-9-3-2-4-15(20)19-14/h2-6,9-11H,7-8H2,1H3,(H,17,21). The van der Waals surface area contributed by atoms with Crippen LogP contribution in [0.25, 0.3) is 5.65 Å². The molecule has 1 amide bonds. The molecule has 106 valence electrons. The van der Waals surface area contributed by atoms with Crippen LogP contribution in [0.3, 0.4) is 0 Å². The minimum absolute atomic E-state index is 0.105. The van der Waals surface area contributed by atoms with Crippen molar-refractivity contribution in [2.24, 2.45) is 0 Å². The van der Waals surface area contributed by atoms with Gasteiger partial charge in [0, 0.05) is 37.3 Å². The fourth-order valence-corrected chi connectivity index (χ4v) is 2.12. The Morgan fingerprint density at radius 3 is 2.95 bits per heavy atom. The van der Waals surface area contributed by atoms with Crippen LogP contribution in [-0.4, -0.2) is 26.8 Å². The molecule has 0 aliphatic rings. The summed E-state index contributed by atoms with van der Waals surface area (Å²) in [5.41, 5.74) is 3.36. The third-order valence-electron chi connectivity index (χ3n) is 3.25. The van der Waals surface area contributed by atoms with Crippen molar-refractivity contribution < 1.29 is 4.79 Å². The Morgan fingerprint density at radius 1 is 1.29 bits per heavy atom. The molecule has 0 unspecified atom stereocenters. The molecule has 0 atom stereocenters. The quantitative estimate of drug-likeness (QED) is 0.795. The van der Waals surface area contributed by atoms with Gasteiger partial charge in [0.05, 0.1) is 11.3 Å². The monoisotopic (exact) mass is 280 g/mol. The van der Waals surface area contributed by atoms with Gasteiger partial charge >= 0.3 is 0 Å². The Morgan fingerprint density at radius 2 is 2.19 bits per heavy atom. The highest BCUT2D eigenvalue weighted by molar-refractivity contribution is 5.93. The van der Waals surface area contributed by atoms with Crippen LogP contribution < -0.4 is 5.32 Å². The molecule has 3 rings (SSSR count). The zero-order chi connectivity index (χ0) is 14.7. The first-order valence-corrected chi connectivity index (χ1v) is 6.86. The van der Waals surface area contributed by atoms with E-state index in [0.717, 1.165) is 17.0 Å². The van der Waals surface area contributed by atoms with Crippen LogP contribution in [0.4, 0.5) is 0 Å². The molecule has 1 N–H and O–H groups in total. The van der Waals surface area contributed by atoms with E-state index in [1.54, 1.807) is 12.3 Å². The van der Waals surface area contributed by atoms with Crippen molar-refractivity contribution in [3.05, 3.63) is 65.9 Å². The average molecular weight is 280 g/mol. The molecule has 5 heteroatoms. The summed E-state index contributed by atoms with van der Waals surface area (Å²) in [6, 6.07) is 9.49. The molecule has 0 saturated carbocycles. The third kappa shape index (κ3) is 3.08. The Hall–Kier alpha value is -2.69. The lowest BCUT2D eigenvalue weighted by atomic mass is 10.2. The second-order valence-electron chi connectivity index (χ2n) is 4.89. The molecule has 5 nitrogen and oxygen atoms in total. The normalized spacial score (nSPS) is 10.7. The second kappa shape index (κ2) is 5.75. The summed E-state index contributed by atoms with van der Waals surface area (Å²) in [5, 5.41) is 2.88. The number of rotatable bonds is 4. The third-order valence-corrected chi connectivity index (χ3v) is 3.25. The number of aryl methyl sites for hydroxylation is 1. The molecule has 0 bridgehead atoms. The molecule has 3 heterocycles. The number of pyridine rings is 2. The number of hydrogen-bond acceptors (Lipinski definition) is 3. The summed E-state index contributed by atoms with van der Waals surface area (Å²) in [5.74, 6) is -0.105. The van der Waals surface area contributed by atoms with Crippen LogP contribution in [0.2, 0.25) is 0 Å². The van der Waals surface area contributed by atoms with Crippen LogP contribution in [0.15, 0.2) is 48.9 Å². The predicted molar refractivity (Wildman–Crippen MR) is 80.2 cm³/mol. The van der Waals surface area contributed by atoms with Gasteiger partial charge in [-0.3, -0.25) is 9.78 Å². The van der Waals surface area contributed by atoms with E-state index in [0.29, 0.717) is 18.5 Å². The minimum atomic E-state index is -0.105. The van der Waals surface area contributed by atoms with Gasteiger partial charge in [-0.25, -0.2) is 4.98 Å². The number of aromatic nitrogens is 3. The predicted octanol–water partition coefficient (Wildman–Crippen LogP) is 2.01. The van der Waals surface area contributed by atoms with Crippen LogP contribution in [0.1, 0.15) is 21.7 Å². The maximum Gasteiger partial charge on any atom is 0.252 e. The van der Waals surface area contributed by atoms with E-state index in [2.05, 4.69) is 15.3 Å². The van der Waals surface area contributed by atoms with Crippen LogP contribution >= 0.6 is 0 Å². The molecule has 3 aromatic heterocycles. The number of imidazole rings is 1. The largest absolute Gasteiger partial charge is 0.352 e. The fourth-order valence-electron chi connectivity index (χ4n) is 2.12. The topological polar surface area (TPSA) is 59.3 Å². The van der Waals surface area contributed by atoms with Gasteiger partial charge in [-0.1, -0.05) is 6.07 Å². The van der Waals surface area contributed by atoms with E-state index in [1.165, 1.54) is 0 Å². The Bertz CT molecular complexity index is 728. The van der Waals surface area contributed by atoms with Gasteiger partial charge in [0.1, 0.15) is 5.65 Å². The maximum atomic E-state index is 11.9. The van der Waals surface area contributed by atoms with Gasteiger partial charge in [0.25, 0.3) is 5.91 Å². The van der Waals surface area contributed by atoms with E-state index in [-0.39, 0.29) is 5.91 Å². The zero-order valence-corrected chi connectivity index (χ0v) is 11.8. The molecule has 21 heavy (non-hydrogen) atoms. The van der Waals surface area contributed by atoms with E-state index >= 15 is 0 Å². The summed E-state index contributed by atoms with van der Waals surface area (Å²) < 4.78 is 1.97. The van der Waals surface area contributed by atoms with Crippen molar-refractivity contribution in [2.75, 3.05) is 6.54 Å². The lowest BCUT2D eigenvalue weighted by molar-refractivity contribution is 0.0953. The highest BCUT2D eigenvalue weighted by Gasteiger charge is 2.06. The number of nitrogens with one attached hydrogen (secondary N) is 1. The first-order valence-electron chi connectivity index (χ1n) is 6.86. The summed E-state index contributed by atoms with van der Waals surface area (Å²) in [6.07, 6.45) is 6.24. The zero-order valence-electron chi connectivity index (χ0n) is 11.8. The van der Waals surface area contributed by atoms with Gasteiger partial charge in [0.15, 0.2) is 0 Å². The first kappa shape index (κ1) is 13.3. The minimum Gasteiger partial charge on any atom is -0.352 e. The van der Waals surface area contributed by atoms with Crippen LogP contribution in [0.5, 0.6) is 0 Å². The Balaban J connectivity index is 1.58. The van der Waals surface area contributed by atoms with E-state index in [1.807, 2.05) is 48.0 Å². The number of amides is 1. The van der Waals surface area contributed by atoms with Crippen molar-refractivity contribution in [3.63, 3.8) is 0 Å². The summed E-state index contributed by atoms with van der Waals surface area (Å²) in [4.78, 5) is 20.6. The summed E-state index contributed by atoms with van der Waals surface area (Å²) in [6.45, 7) is 2.45. The van der Waals surface area contributed by atoms with Crippen molar-refractivity contribution in [2.45, 2.75) is 13.3 Å². The highest BCUT2D eigenvalue weighted by Crippen LogP contribution is 2.05. The van der Waals surface area contributed by atoms with E-state index in [4.69, 9.17) is 0 Å². The van der Waals surface area contributed by atoms with Gasteiger partial charge in [-0.15, -0.1) is 0 Å². The van der Waals surface area contributed by atoms with Crippen molar-refractivity contribution in [1.29, 1.82) is 0 Å². The maximum absolute atomic E-state index is 11.9. The van der Waals surface area contributed by atoms with Crippen molar-refractivity contribution >= 4 is 11.6 Å². The molecule has 0 spiro atoms. The number of fused-ring (bicyclic) bond motifs is 1. The molecule has 0 fully saturated rings. The molecular formula is C16H16N4O. The van der Waals surface area contributed by atoms with Gasteiger partial charge in [-0.2, -0.15) is 0 Å². The molecule has 0 aliphatic heterocycles. The summed E-state index contributed by atoms with van der Waals surface area (Å²) in [7, 11) is 0. The lowest BCUT2D eigenvalue weighted by Crippen LogP contribution is -2.25. The van der Waals surface area contributed by atoms with Gasteiger partial charge < -0.3 is 9.72 Å². The molecule has 0 aliphatic carbocycles. The first-order chi connectivity index (χ1) is 10.2. The van der Waals surface area contributed by atoms with Crippen LogP contribution in [-0.2, 0) is 6.42 Å². The fraction of sp³-hybridized carbons (Fsp3) is 0.188. The smallest absolute Gasteiger partial charge is 0.252 e. The number of hydrogen-bond donors (Lipinski definition) is 1. The van der Waals surface area contributed by atoms with Crippen molar-refractivity contribution in [1.82, 2.24) is 19.7 Å². The van der Waals surface area contributed by atoms with Gasteiger partial charge in [0.2, 0.25) is 0 Å². The average Bonchev–Trinajstić information content (AvgIpc) is 2.90. The van der Waals surface area contributed by atoms with E-state index in [9.17, 15) is 4.79 Å². The number of carbonyl (C=O) groups excluding carboxylic acids is 1. The van der Waals surface area contributed by atoms with Crippen LogP contribution in [0, 0.1) is 6.92 Å². The summed E-state index contributed by atoms with van der Waals surface area (Å²) >= 11 is 0. The number of carbonyl (C=O) groups is 1. The molecule has 0 aromatic carbocycles. The van der Waals surface area contributed by atoms with Crippen molar-refractivity contribution in [3.8, 4) is 0 Å². The second-order valence-corrected chi connectivity index (χ2v) is 4.89. The molecule has 0 saturated heterocycles. The highest BCUT2D eigenvalue weighted by atomic mass is 16.1. The Kier molecular flexibility index (Phi) is 3.64. The molecule has 0 radical (unpaired) electrons. The Labute approximate surface area is 122 Å². The molecular weight excluding hydrogens is 264 g/mol. The number of nitrogens with zero attached hydrogens (tertiary/aromatic N) is 3. The lowest BCUT2D eigenvalue weighted by Gasteiger charge is -2.03.